The quantitative estimate of drug-likeness (QED) is 0.503. The highest BCUT2D eigenvalue weighted by Gasteiger charge is 2.27. The minimum absolute atomic E-state index is 0.972. The fraction of sp³-hybridized carbons (Fsp3) is 0.667. The summed E-state index contributed by atoms with van der Waals surface area (Å²) in [6.45, 7) is -1.35. The molecule has 0 radical (unpaired) electrons. The lowest BCUT2D eigenvalue weighted by Gasteiger charge is -2.06. The first-order chi connectivity index (χ1) is 4.45. The Bertz CT molecular complexity index is 125. The van der Waals surface area contributed by atoms with Crippen LogP contribution >= 0.6 is 12.8 Å². The summed E-state index contributed by atoms with van der Waals surface area (Å²) >= 11 is 3.22. The fourth-order valence-electron chi connectivity index (χ4n) is 0.220. The van der Waals surface area contributed by atoms with E-state index in [9.17, 15) is 18.0 Å². The zero-order valence-electron chi connectivity index (χ0n) is 4.70. The first-order valence-electron chi connectivity index (χ1n) is 2.20. The number of carbonyl (C=O) groups excluding carboxylic acids is 1. The molecule has 0 aliphatic heterocycles. The molecular formula is C3H5F3N2OS. The molecule has 2 N–H and O–H groups in total. The molecule has 0 rings (SSSR count). The highest BCUT2D eigenvalue weighted by Crippen LogP contribution is 2.11. The Hall–Kier alpha value is -0.590. The first-order valence-corrected chi connectivity index (χ1v) is 2.65. The molecule has 0 aromatic heterocycles. The monoisotopic (exact) mass is 174 g/mol. The molecule has 0 aromatic carbocycles. The van der Waals surface area contributed by atoms with Crippen molar-refractivity contribution >= 4 is 18.8 Å². The van der Waals surface area contributed by atoms with Gasteiger partial charge in [0.25, 0.3) is 0 Å². The third kappa shape index (κ3) is 5.54. The largest absolute Gasteiger partial charge is 0.405 e. The summed E-state index contributed by atoms with van der Waals surface area (Å²) in [4.78, 5) is 10.1. The standard InChI is InChI=1S/C3H5F3N2OS/c4-3(5,6)1-7-2(9)8-10/h10H,1H2,(H2,7,8,9). The maximum Gasteiger partial charge on any atom is 0.405 e. The smallest absolute Gasteiger partial charge is 0.328 e. The summed E-state index contributed by atoms with van der Waals surface area (Å²) in [6.07, 6.45) is -4.37. The van der Waals surface area contributed by atoms with E-state index in [-0.39, 0.29) is 0 Å². The second-order valence-electron chi connectivity index (χ2n) is 1.41. The lowest BCUT2D eigenvalue weighted by Crippen LogP contribution is -2.37. The molecule has 0 aliphatic rings. The van der Waals surface area contributed by atoms with E-state index in [0.717, 1.165) is 0 Å². The SMILES string of the molecule is O=C(NS)NCC(F)(F)F. The molecule has 0 heterocycles. The van der Waals surface area contributed by atoms with Gasteiger partial charge in [-0.05, 0) is 0 Å². The van der Waals surface area contributed by atoms with Crippen molar-refractivity contribution in [2.45, 2.75) is 6.18 Å². The van der Waals surface area contributed by atoms with Crippen LogP contribution in [0.5, 0.6) is 0 Å². The van der Waals surface area contributed by atoms with Crippen molar-refractivity contribution in [3.8, 4) is 0 Å². The van der Waals surface area contributed by atoms with Gasteiger partial charge in [0.1, 0.15) is 6.54 Å². The molecule has 2 amide bonds. The topological polar surface area (TPSA) is 41.1 Å². The van der Waals surface area contributed by atoms with Gasteiger partial charge in [-0.3, -0.25) is 4.72 Å². The molecule has 10 heavy (non-hydrogen) atoms. The van der Waals surface area contributed by atoms with Gasteiger partial charge in [0, 0.05) is 0 Å². The van der Waals surface area contributed by atoms with Crippen LogP contribution in [-0.4, -0.2) is 18.8 Å². The van der Waals surface area contributed by atoms with Crippen molar-refractivity contribution in [3.05, 3.63) is 0 Å². The second-order valence-corrected chi connectivity index (χ2v) is 1.63. The molecule has 0 fully saturated rings. The number of hydrogen-bond donors (Lipinski definition) is 3. The zero-order valence-corrected chi connectivity index (χ0v) is 5.59. The van der Waals surface area contributed by atoms with Crippen LogP contribution in [0, 0.1) is 0 Å². The number of nitrogens with one attached hydrogen (secondary N) is 2. The summed E-state index contributed by atoms with van der Waals surface area (Å²) in [7, 11) is 0. The van der Waals surface area contributed by atoms with Crippen molar-refractivity contribution in [1.29, 1.82) is 0 Å². The van der Waals surface area contributed by atoms with Crippen molar-refractivity contribution in [1.82, 2.24) is 10.0 Å². The Labute approximate surface area is 60.5 Å². The molecule has 3 nitrogen and oxygen atoms in total. The molecule has 7 heteroatoms. The summed E-state index contributed by atoms with van der Waals surface area (Å²) in [5.74, 6) is 0. The summed E-state index contributed by atoms with van der Waals surface area (Å²) in [6, 6.07) is -0.972. The molecule has 60 valence electrons. The van der Waals surface area contributed by atoms with E-state index in [1.54, 1.807) is 4.72 Å². The maximum absolute atomic E-state index is 11.3. The molecule has 0 aliphatic carbocycles. The van der Waals surface area contributed by atoms with Gasteiger partial charge in [-0.25, -0.2) is 4.79 Å². The summed E-state index contributed by atoms with van der Waals surface area (Å²) in [5, 5.41) is 1.52. The number of alkyl halides is 3. The van der Waals surface area contributed by atoms with Crippen molar-refractivity contribution in [3.63, 3.8) is 0 Å². The van der Waals surface area contributed by atoms with E-state index in [0.29, 0.717) is 0 Å². The number of thiol groups is 1. The lowest BCUT2D eigenvalue weighted by molar-refractivity contribution is -0.122. The van der Waals surface area contributed by atoms with Crippen molar-refractivity contribution < 1.29 is 18.0 Å². The molecule has 0 unspecified atom stereocenters. The van der Waals surface area contributed by atoms with E-state index in [1.165, 1.54) is 5.32 Å². The molecular weight excluding hydrogens is 169 g/mol. The minimum atomic E-state index is -4.37. The van der Waals surface area contributed by atoms with Crippen LogP contribution in [0.4, 0.5) is 18.0 Å². The van der Waals surface area contributed by atoms with Crippen LogP contribution in [0.2, 0.25) is 0 Å². The van der Waals surface area contributed by atoms with Crippen LogP contribution in [0.3, 0.4) is 0 Å². The van der Waals surface area contributed by atoms with Crippen LogP contribution in [0.1, 0.15) is 0 Å². The Morgan fingerprint density at radius 3 is 2.30 bits per heavy atom. The first kappa shape index (κ1) is 9.41. The second kappa shape index (κ2) is 3.55. The Morgan fingerprint density at radius 1 is 1.50 bits per heavy atom. The number of halogens is 3. The van der Waals surface area contributed by atoms with Gasteiger partial charge in [-0.15, -0.1) is 0 Å². The number of hydrogen-bond acceptors (Lipinski definition) is 2. The van der Waals surface area contributed by atoms with Gasteiger partial charge >= 0.3 is 12.2 Å². The highest BCUT2D eigenvalue weighted by molar-refractivity contribution is 7.78. The van der Waals surface area contributed by atoms with Gasteiger partial charge in [0.15, 0.2) is 0 Å². The molecule has 0 saturated heterocycles. The lowest BCUT2D eigenvalue weighted by atomic mass is 10.6. The van der Waals surface area contributed by atoms with Gasteiger partial charge in [-0.1, -0.05) is 12.8 Å². The van der Waals surface area contributed by atoms with Gasteiger partial charge in [-0.2, -0.15) is 13.2 Å². The Balaban J connectivity index is 3.46. The van der Waals surface area contributed by atoms with Crippen molar-refractivity contribution in [2.24, 2.45) is 0 Å². The fourth-order valence-corrected chi connectivity index (χ4v) is 0.299. The predicted octanol–water partition coefficient (Wildman–Crippen LogP) is 0.693. The van der Waals surface area contributed by atoms with Gasteiger partial charge in [0.05, 0.1) is 0 Å². The number of rotatable bonds is 1. The van der Waals surface area contributed by atoms with E-state index >= 15 is 0 Å². The average Bonchev–Trinajstić information content (AvgIpc) is 1.81. The van der Waals surface area contributed by atoms with E-state index in [2.05, 4.69) is 12.8 Å². The molecule has 0 aromatic rings. The van der Waals surface area contributed by atoms with E-state index in [1.807, 2.05) is 0 Å². The third-order valence-corrected chi connectivity index (χ3v) is 0.754. The minimum Gasteiger partial charge on any atom is -0.328 e. The molecule has 0 saturated carbocycles. The van der Waals surface area contributed by atoms with Crippen LogP contribution in [0.25, 0.3) is 0 Å². The van der Waals surface area contributed by atoms with E-state index < -0.39 is 18.8 Å². The van der Waals surface area contributed by atoms with Gasteiger partial charge in [0.2, 0.25) is 0 Å². The van der Waals surface area contributed by atoms with E-state index in [4.69, 9.17) is 0 Å². The molecule has 0 spiro atoms. The summed E-state index contributed by atoms with van der Waals surface area (Å²) < 4.78 is 35.5. The Kier molecular flexibility index (Phi) is 3.34. The number of carbonyl (C=O) groups is 1. The molecule has 0 atom stereocenters. The average molecular weight is 174 g/mol. The zero-order chi connectivity index (χ0) is 8.20. The Morgan fingerprint density at radius 2 is 2.00 bits per heavy atom. The normalized spacial score (nSPS) is 10.8. The van der Waals surface area contributed by atoms with Crippen LogP contribution in [0.15, 0.2) is 0 Å². The molecule has 0 bridgehead atoms. The summed E-state index contributed by atoms with van der Waals surface area (Å²) in [5.41, 5.74) is 0. The number of urea groups is 1. The van der Waals surface area contributed by atoms with Crippen molar-refractivity contribution in [2.75, 3.05) is 6.54 Å². The third-order valence-electron chi connectivity index (χ3n) is 0.551. The highest BCUT2D eigenvalue weighted by atomic mass is 32.1. The predicted molar refractivity (Wildman–Crippen MR) is 31.6 cm³/mol. The maximum atomic E-state index is 11.3. The van der Waals surface area contributed by atoms with Crippen LogP contribution < -0.4 is 10.0 Å². The number of amides is 2. The van der Waals surface area contributed by atoms with Crippen LogP contribution in [-0.2, 0) is 0 Å². The van der Waals surface area contributed by atoms with Gasteiger partial charge < -0.3 is 5.32 Å².